The van der Waals surface area contributed by atoms with Crippen molar-refractivity contribution in [3.05, 3.63) is 77.4 Å². The zero-order valence-corrected chi connectivity index (χ0v) is 23.4. The second kappa shape index (κ2) is 15.0. The molecule has 1 saturated heterocycles. The lowest BCUT2D eigenvalue weighted by atomic mass is 9.92. The molecule has 3 atom stereocenters. The number of amides is 2. The molecule has 2 aromatic rings. The Hall–Kier alpha value is -4.15. The molecule has 0 spiro atoms. The third kappa shape index (κ3) is 8.42. The molecule has 0 unspecified atom stereocenters. The first-order chi connectivity index (χ1) is 19.6. The number of benzene rings is 2. The first kappa shape index (κ1) is 31.4. The average molecular weight is 566 g/mol. The minimum atomic E-state index is -1.59. The van der Waals surface area contributed by atoms with E-state index in [-0.39, 0.29) is 44.2 Å². The summed E-state index contributed by atoms with van der Waals surface area (Å²) in [7, 11) is 0. The van der Waals surface area contributed by atoms with Crippen LogP contribution in [0.3, 0.4) is 0 Å². The van der Waals surface area contributed by atoms with Crippen LogP contribution in [0.2, 0.25) is 0 Å². The summed E-state index contributed by atoms with van der Waals surface area (Å²) in [6.07, 6.45) is -0.940. The van der Waals surface area contributed by atoms with Gasteiger partial charge >= 0.3 is 12.1 Å². The number of rotatable bonds is 14. The van der Waals surface area contributed by atoms with Crippen LogP contribution in [-0.2, 0) is 33.4 Å². The number of imide groups is 1. The number of carbonyl (C=O) groups is 5. The van der Waals surface area contributed by atoms with Gasteiger partial charge in [-0.25, -0.2) is 9.69 Å². The van der Waals surface area contributed by atoms with Gasteiger partial charge in [-0.3, -0.25) is 19.2 Å². The van der Waals surface area contributed by atoms with Gasteiger partial charge in [0.1, 0.15) is 12.6 Å². The summed E-state index contributed by atoms with van der Waals surface area (Å²) in [5.74, 6) is -3.93. The number of cyclic esters (lactones) is 1. The molecule has 10 nitrogen and oxygen atoms in total. The molecule has 41 heavy (non-hydrogen) atoms. The molecule has 218 valence electrons. The van der Waals surface area contributed by atoms with Crippen molar-refractivity contribution < 1.29 is 43.3 Å². The van der Waals surface area contributed by atoms with Crippen LogP contribution >= 0.6 is 0 Å². The Morgan fingerprint density at radius 2 is 1.83 bits per heavy atom. The summed E-state index contributed by atoms with van der Waals surface area (Å²) in [4.78, 5) is 66.0. The lowest BCUT2D eigenvalue weighted by Gasteiger charge is -2.27. The van der Waals surface area contributed by atoms with Gasteiger partial charge in [-0.15, -0.1) is 0 Å². The van der Waals surface area contributed by atoms with Gasteiger partial charge in [-0.2, -0.15) is 0 Å². The molecule has 0 aliphatic carbocycles. The third-order valence-electron chi connectivity index (χ3n) is 6.56. The smallest absolute Gasteiger partial charge is 0.417 e. The molecule has 1 N–H and O–H groups in total. The van der Waals surface area contributed by atoms with Gasteiger partial charge in [-0.05, 0) is 37.5 Å². The Labute approximate surface area is 238 Å². The van der Waals surface area contributed by atoms with Gasteiger partial charge < -0.3 is 19.3 Å². The van der Waals surface area contributed by atoms with Crippen molar-refractivity contribution in [2.24, 2.45) is 5.92 Å². The Bertz CT molecular complexity index is 1290. The second-order valence-electron chi connectivity index (χ2n) is 9.72. The molecule has 0 bridgehead atoms. The van der Waals surface area contributed by atoms with Gasteiger partial charge in [-0.1, -0.05) is 60.2 Å². The number of ketones is 2. The molecule has 1 aliphatic rings. The van der Waals surface area contributed by atoms with Gasteiger partial charge in [0.25, 0.3) is 0 Å². The summed E-state index contributed by atoms with van der Waals surface area (Å²) in [5, 5.41) is 8.86. The average Bonchev–Trinajstić information content (AvgIpc) is 3.35. The van der Waals surface area contributed by atoms with E-state index >= 15 is 0 Å². The van der Waals surface area contributed by atoms with Crippen LogP contribution in [0, 0.1) is 12.8 Å². The highest BCUT2D eigenvalue weighted by atomic mass is 16.6. The van der Waals surface area contributed by atoms with Crippen LogP contribution in [-0.4, -0.2) is 72.1 Å². The molecular weight excluding hydrogens is 530 g/mol. The quantitative estimate of drug-likeness (QED) is 0.207. The number of aliphatic hydroxyl groups excluding tert-OH is 1. The Morgan fingerprint density at radius 1 is 1.10 bits per heavy atom. The predicted octanol–water partition coefficient (Wildman–Crippen LogP) is 3.59. The highest BCUT2D eigenvalue weighted by molar-refractivity contribution is 6.25. The van der Waals surface area contributed by atoms with Crippen LogP contribution < -0.4 is 0 Å². The van der Waals surface area contributed by atoms with E-state index in [1.807, 2.05) is 13.0 Å². The molecule has 1 heterocycles. The van der Waals surface area contributed by atoms with Gasteiger partial charge in [0.05, 0.1) is 19.1 Å². The number of ether oxygens (including phenoxy) is 3. The summed E-state index contributed by atoms with van der Waals surface area (Å²) in [5.41, 5.74) is 2.12. The number of Topliss-reactive ketones (excluding diaryl/α,β-unsaturated/α-hetero) is 1. The highest BCUT2D eigenvalue weighted by Crippen LogP contribution is 2.31. The third-order valence-corrected chi connectivity index (χ3v) is 6.56. The Morgan fingerprint density at radius 3 is 2.49 bits per heavy atom. The maximum atomic E-state index is 13.6. The normalized spacial score (nSPS) is 16.6. The molecule has 10 heteroatoms. The van der Waals surface area contributed by atoms with Crippen molar-refractivity contribution in [1.82, 2.24) is 4.90 Å². The fraction of sp³-hybridized carbons (Fsp3) is 0.387. The van der Waals surface area contributed by atoms with Gasteiger partial charge in [0.2, 0.25) is 5.91 Å². The molecule has 3 rings (SSSR count). The van der Waals surface area contributed by atoms with E-state index in [0.29, 0.717) is 17.5 Å². The van der Waals surface area contributed by atoms with Crippen molar-refractivity contribution in [2.75, 3.05) is 26.4 Å². The van der Waals surface area contributed by atoms with E-state index in [1.165, 1.54) is 6.92 Å². The van der Waals surface area contributed by atoms with Crippen LogP contribution in [0.25, 0.3) is 5.57 Å². The van der Waals surface area contributed by atoms with Crippen molar-refractivity contribution in [1.29, 1.82) is 0 Å². The number of hydrogen-bond donors (Lipinski definition) is 1. The molecular formula is C31H35NO9. The fourth-order valence-corrected chi connectivity index (χ4v) is 4.52. The summed E-state index contributed by atoms with van der Waals surface area (Å²) in [6.45, 7) is 4.56. The lowest BCUT2D eigenvalue weighted by molar-refractivity contribution is -0.158. The van der Waals surface area contributed by atoms with Crippen molar-refractivity contribution in [2.45, 2.75) is 45.8 Å². The first-order valence-corrected chi connectivity index (χ1v) is 13.4. The standard InChI is InChI=1S/C31H35NO9/c1-20-9-7-12-24(17-20)25(27(35)13-8-15-39-16-14-33)18-28(36)29(41-22(3)34)21(2)30(37)32-26(19-40-31(32)38)23-10-5-4-6-11-23/h4-7,9-12,17-18,21,26,29,33H,8,13-16,19H2,1-3H3/t21-,26+,29-/m0/s1. The summed E-state index contributed by atoms with van der Waals surface area (Å²) < 4.78 is 15.7. The Kier molecular flexibility index (Phi) is 11.5. The maximum Gasteiger partial charge on any atom is 0.417 e. The maximum absolute atomic E-state index is 13.6. The molecule has 2 aromatic carbocycles. The zero-order chi connectivity index (χ0) is 29.9. The summed E-state index contributed by atoms with van der Waals surface area (Å²) in [6, 6.07) is 15.2. The molecule has 2 amide bonds. The largest absolute Gasteiger partial charge is 0.453 e. The van der Waals surface area contributed by atoms with Crippen molar-refractivity contribution >= 4 is 35.1 Å². The SMILES string of the molecule is CC(=O)O[C@H](C(=O)C=C(C(=O)CCCOCCO)c1cccc(C)c1)[C@H](C)C(=O)N1C(=O)OC[C@@H]1c1ccccc1. The second-order valence-corrected chi connectivity index (χ2v) is 9.72. The summed E-state index contributed by atoms with van der Waals surface area (Å²) >= 11 is 0. The van der Waals surface area contributed by atoms with Crippen molar-refractivity contribution in [3.63, 3.8) is 0 Å². The van der Waals surface area contributed by atoms with Crippen LogP contribution in [0.5, 0.6) is 0 Å². The minimum Gasteiger partial charge on any atom is -0.453 e. The number of aliphatic hydroxyl groups is 1. The van der Waals surface area contributed by atoms with Gasteiger partial charge in [0, 0.05) is 25.5 Å². The van der Waals surface area contributed by atoms with E-state index in [0.717, 1.165) is 23.5 Å². The number of aryl methyl sites for hydroxylation is 1. The molecule has 0 aromatic heterocycles. The Balaban J connectivity index is 1.91. The van der Waals surface area contributed by atoms with E-state index in [1.54, 1.807) is 48.5 Å². The van der Waals surface area contributed by atoms with Crippen LogP contribution in [0.1, 0.15) is 49.4 Å². The van der Waals surface area contributed by atoms with E-state index < -0.39 is 41.8 Å². The topological polar surface area (TPSA) is 137 Å². The number of nitrogens with zero attached hydrogens (tertiary/aromatic N) is 1. The van der Waals surface area contributed by atoms with Crippen LogP contribution in [0.15, 0.2) is 60.7 Å². The van der Waals surface area contributed by atoms with E-state index in [4.69, 9.17) is 19.3 Å². The number of allylic oxidation sites excluding steroid dienone is 1. The van der Waals surface area contributed by atoms with Gasteiger partial charge in [0.15, 0.2) is 17.7 Å². The van der Waals surface area contributed by atoms with E-state index in [9.17, 15) is 24.0 Å². The zero-order valence-electron chi connectivity index (χ0n) is 23.4. The molecule has 0 saturated carbocycles. The fourth-order valence-electron chi connectivity index (χ4n) is 4.52. The van der Waals surface area contributed by atoms with Crippen molar-refractivity contribution in [3.8, 4) is 0 Å². The number of hydrogen-bond acceptors (Lipinski definition) is 9. The number of carbonyl (C=O) groups excluding carboxylic acids is 5. The first-order valence-electron chi connectivity index (χ1n) is 13.4. The molecule has 0 radical (unpaired) electrons. The monoisotopic (exact) mass is 565 g/mol. The molecule has 1 fully saturated rings. The predicted molar refractivity (Wildman–Crippen MR) is 148 cm³/mol. The number of esters is 1. The lowest BCUT2D eigenvalue weighted by Crippen LogP contribution is -2.45. The van der Waals surface area contributed by atoms with Crippen LogP contribution in [0.4, 0.5) is 4.79 Å². The minimum absolute atomic E-state index is 0.0542. The molecule has 1 aliphatic heterocycles. The van der Waals surface area contributed by atoms with E-state index in [2.05, 4.69) is 0 Å². The highest BCUT2D eigenvalue weighted by Gasteiger charge is 2.44.